The summed E-state index contributed by atoms with van der Waals surface area (Å²) in [7, 11) is -3.25. The number of hydrogen-bond donors (Lipinski definition) is 0. The van der Waals surface area contributed by atoms with Gasteiger partial charge in [-0.25, -0.2) is 13.1 Å². The van der Waals surface area contributed by atoms with Crippen LogP contribution in [-0.2, 0) is 16.3 Å². The van der Waals surface area contributed by atoms with E-state index in [1.807, 2.05) is 47.1 Å². The Morgan fingerprint density at radius 2 is 1.76 bits per heavy atom. The summed E-state index contributed by atoms with van der Waals surface area (Å²) in [6.45, 7) is 2.07. The van der Waals surface area contributed by atoms with Crippen LogP contribution in [0.2, 0.25) is 5.02 Å². The SMILES string of the molecule is CCc1cc(-c2ccc(-c3cccc(S(C)(=O)=O)c3)s2)n(-c2ccccc2Cl)n1. The third-order valence-corrected chi connectivity index (χ3v) is 7.19. The highest BCUT2D eigenvalue weighted by atomic mass is 35.5. The molecule has 0 aliphatic heterocycles. The second kappa shape index (κ2) is 7.78. The first-order valence-corrected chi connectivity index (χ1v) is 12.2. The molecular weight excluding hydrogens is 424 g/mol. The predicted molar refractivity (Wildman–Crippen MR) is 120 cm³/mol. The molecule has 4 aromatic rings. The minimum absolute atomic E-state index is 0.319. The molecule has 4 nitrogen and oxygen atoms in total. The number of para-hydroxylation sites is 1. The van der Waals surface area contributed by atoms with Gasteiger partial charge in [-0.05, 0) is 54.4 Å². The summed E-state index contributed by atoms with van der Waals surface area (Å²) in [6, 6.07) is 20.8. The number of thiophene rings is 1. The lowest BCUT2D eigenvalue weighted by Crippen LogP contribution is -1.99. The van der Waals surface area contributed by atoms with Crippen LogP contribution in [0.25, 0.3) is 26.7 Å². The van der Waals surface area contributed by atoms with Crippen molar-refractivity contribution in [3.63, 3.8) is 0 Å². The van der Waals surface area contributed by atoms with E-state index in [1.54, 1.807) is 29.5 Å². The lowest BCUT2D eigenvalue weighted by atomic mass is 10.2. The van der Waals surface area contributed by atoms with Gasteiger partial charge in [-0.1, -0.05) is 42.8 Å². The van der Waals surface area contributed by atoms with E-state index >= 15 is 0 Å². The van der Waals surface area contributed by atoms with Crippen LogP contribution in [0.5, 0.6) is 0 Å². The molecule has 7 heteroatoms. The van der Waals surface area contributed by atoms with Crippen LogP contribution in [0, 0.1) is 0 Å². The van der Waals surface area contributed by atoms with Crippen LogP contribution in [0.1, 0.15) is 12.6 Å². The van der Waals surface area contributed by atoms with Crippen LogP contribution < -0.4 is 0 Å². The Balaban J connectivity index is 1.80. The van der Waals surface area contributed by atoms with Crippen LogP contribution >= 0.6 is 22.9 Å². The quantitative estimate of drug-likeness (QED) is 0.387. The van der Waals surface area contributed by atoms with E-state index < -0.39 is 9.84 Å². The van der Waals surface area contributed by atoms with E-state index in [2.05, 4.69) is 13.0 Å². The fourth-order valence-electron chi connectivity index (χ4n) is 3.10. The lowest BCUT2D eigenvalue weighted by molar-refractivity contribution is 0.602. The number of sulfone groups is 1. The molecule has 0 saturated heterocycles. The molecule has 0 aliphatic carbocycles. The molecule has 29 heavy (non-hydrogen) atoms. The van der Waals surface area contributed by atoms with Crippen molar-refractivity contribution in [3.05, 3.63) is 77.4 Å². The third-order valence-electron chi connectivity index (χ3n) is 4.61. The molecule has 0 atom stereocenters. The predicted octanol–water partition coefficient (Wildman–Crippen LogP) is 5.89. The third kappa shape index (κ3) is 4.01. The Morgan fingerprint density at radius 1 is 1.00 bits per heavy atom. The van der Waals surface area contributed by atoms with Gasteiger partial charge in [0.15, 0.2) is 9.84 Å². The Kier molecular flexibility index (Phi) is 5.34. The molecule has 0 aliphatic rings. The molecule has 4 rings (SSSR count). The molecule has 0 spiro atoms. The Hall–Kier alpha value is -2.41. The molecule has 0 radical (unpaired) electrons. The van der Waals surface area contributed by atoms with Crippen molar-refractivity contribution in [1.29, 1.82) is 0 Å². The summed E-state index contributed by atoms with van der Waals surface area (Å²) in [5, 5.41) is 5.36. The van der Waals surface area contributed by atoms with Crippen molar-refractivity contribution >= 4 is 32.8 Å². The fourth-order valence-corrected chi connectivity index (χ4v) is 4.98. The van der Waals surface area contributed by atoms with Crippen molar-refractivity contribution in [1.82, 2.24) is 9.78 Å². The van der Waals surface area contributed by atoms with E-state index in [1.165, 1.54) is 6.26 Å². The van der Waals surface area contributed by atoms with E-state index in [0.29, 0.717) is 9.92 Å². The van der Waals surface area contributed by atoms with Crippen molar-refractivity contribution in [2.24, 2.45) is 0 Å². The molecule has 0 bridgehead atoms. The van der Waals surface area contributed by atoms with Gasteiger partial charge in [0.25, 0.3) is 0 Å². The van der Waals surface area contributed by atoms with Crippen molar-refractivity contribution in [2.75, 3.05) is 6.26 Å². The zero-order valence-electron chi connectivity index (χ0n) is 16.0. The summed E-state index contributed by atoms with van der Waals surface area (Å²) >= 11 is 8.02. The summed E-state index contributed by atoms with van der Waals surface area (Å²) < 4.78 is 25.7. The second-order valence-corrected chi connectivity index (χ2v) is 10.2. The van der Waals surface area contributed by atoms with Gasteiger partial charge in [-0.2, -0.15) is 5.10 Å². The number of nitrogens with zero attached hydrogens (tertiary/aromatic N) is 2. The molecule has 0 amide bonds. The highest BCUT2D eigenvalue weighted by molar-refractivity contribution is 7.90. The maximum absolute atomic E-state index is 11.9. The number of halogens is 1. The van der Waals surface area contributed by atoms with Gasteiger partial charge in [0, 0.05) is 11.1 Å². The van der Waals surface area contributed by atoms with Crippen LogP contribution in [0.3, 0.4) is 0 Å². The molecule has 2 aromatic carbocycles. The van der Waals surface area contributed by atoms with E-state index in [0.717, 1.165) is 38.8 Å². The van der Waals surface area contributed by atoms with Crippen molar-refractivity contribution in [3.8, 4) is 26.7 Å². The zero-order valence-corrected chi connectivity index (χ0v) is 18.4. The fraction of sp³-hybridized carbons (Fsp3) is 0.136. The summed E-state index contributed by atoms with van der Waals surface area (Å²) in [5.41, 5.74) is 3.65. The van der Waals surface area contributed by atoms with Gasteiger partial charge in [0.05, 0.1) is 31.9 Å². The highest BCUT2D eigenvalue weighted by Crippen LogP contribution is 2.37. The number of benzene rings is 2. The monoisotopic (exact) mass is 442 g/mol. The summed E-state index contributed by atoms with van der Waals surface area (Å²) in [5.74, 6) is 0. The normalized spacial score (nSPS) is 11.7. The summed E-state index contributed by atoms with van der Waals surface area (Å²) in [6.07, 6.45) is 2.04. The van der Waals surface area contributed by atoms with Gasteiger partial charge < -0.3 is 0 Å². The van der Waals surface area contributed by atoms with Gasteiger partial charge in [0.1, 0.15) is 0 Å². The smallest absolute Gasteiger partial charge is 0.175 e. The lowest BCUT2D eigenvalue weighted by Gasteiger charge is -2.08. The maximum Gasteiger partial charge on any atom is 0.175 e. The molecule has 148 valence electrons. The minimum Gasteiger partial charge on any atom is -0.230 e. The zero-order chi connectivity index (χ0) is 20.6. The second-order valence-electron chi connectivity index (χ2n) is 6.70. The van der Waals surface area contributed by atoms with Gasteiger partial charge >= 0.3 is 0 Å². The van der Waals surface area contributed by atoms with Crippen LogP contribution in [-0.4, -0.2) is 24.5 Å². The van der Waals surface area contributed by atoms with Gasteiger partial charge in [0.2, 0.25) is 0 Å². The first-order valence-electron chi connectivity index (χ1n) is 9.11. The molecule has 0 unspecified atom stereocenters. The number of aryl methyl sites for hydroxylation is 1. The largest absolute Gasteiger partial charge is 0.230 e. The average Bonchev–Trinajstić information content (AvgIpc) is 3.35. The van der Waals surface area contributed by atoms with Crippen LogP contribution in [0.4, 0.5) is 0 Å². The molecular formula is C22H19ClN2O2S2. The van der Waals surface area contributed by atoms with E-state index in [4.69, 9.17) is 16.7 Å². The molecule has 2 aromatic heterocycles. The van der Waals surface area contributed by atoms with Gasteiger partial charge in [-0.3, -0.25) is 0 Å². The molecule has 0 N–H and O–H groups in total. The van der Waals surface area contributed by atoms with E-state index in [-0.39, 0.29) is 0 Å². The van der Waals surface area contributed by atoms with Crippen molar-refractivity contribution in [2.45, 2.75) is 18.2 Å². The maximum atomic E-state index is 11.9. The summed E-state index contributed by atoms with van der Waals surface area (Å²) in [4.78, 5) is 2.35. The number of rotatable bonds is 5. The minimum atomic E-state index is -3.25. The Bertz CT molecular complexity index is 1290. The van der Waals surface area contributed by atoms with Gasteiger partial charge in [-0.15, -0.1) is 11.3 Å². The molecule has 2 heterocycles. The average molecular weight is 443 g/mol. The molecule has 0 saturated carbocycles. The standard InChI is InChI=1S/C22H19ClN2O2S2/c1-3-16-14-20(25(24-16)19-10-5-4-9-18(19)23)22-12-11-21(28-22)15-7-6-8-17(13-15)29(2,26)27/h4-14H,3H2,1-2H3. The van der Waals surface area contributed by atoms with Crippen molar-refractivity contribution < 1.29 is 8.42 Å². The highest BCUT2D eigenvalue weighted by Gasteiger charge is 2.16. The first-order chi connectivity index (χ1) is 13.9. The van der Waals surface area contributed by atoms with E-state index in [9.17, 15) is 8.42 Å². The van der Waals surface area contributed by atoms with Crippen LogP contribution in [0.15, 0.2) is 71.6 Å². The Labute approximate surface area is 179 Å². The first kappa shape index (κ1) is 19.9. The molecule has 0 fully saturated rings. The topological polar surface area (TPSA) is 52.0 Å². The number of aromatic nitrogens is 2. The Morgan fingerprint density at radius 3 is 2.48 bits per heavy atom. The number of hydrogen-bond acceptors (Lipinski definition) is 4.